The molecule has 0 aliphatic rings. The Hall–Kier alpha value is -0.0200. The number of nitrogens with two attached hydrogens (primary N) is 1. The summed E-state index contributed by atoms with van der Waals surface area (Å²) in [5, 5.41) is -0.175. The number of thiol groups is 1. The van der Waals surface area contributed by atoms with E-state index in [4.69, 9.17) is 5.73 Å². The molecule has 0 saturated heterocycles. The molecule has 24 heavy (non-hydrogen) atoms. The van der Waals surface area contributed by atoms with Gasteiger partial charge in [-0.1, -0.05) is 116 Å². The second kappa shape index (κ2) is 19.3. The summed E-state index contributed by atoms with van der Waals surface area (Å²) < 4.78 is 0. The van der Waals surface area contributed by atoms with E-state index in [0.29, 0.717) is 0 Å². The van der Waals surface area contributed by atoms with Crippen LogP contribution in [-0.4, -0.2) is 11.2 Å². The first-order chi connectivity index (χ1) is 11.7. The molecule has 0 amide bonds. The summed E-state index contributed by atoms with van der Waals surface area (Å²) in [6.07, 6.45) is 24.2. The maximum atomic E-state index is 10.9. The molecule has 0 rings (SSSR count). The number of hydrogen-bond acceptors (Lipinski definition) is 2. The van der Waals surface area contributed by atoms with E-state index >= 15 is 0 Å². The van der Waals surface area contributed by atoms with Gasteiger partial charge in [0.25, 0.3) is 0 Å². The first-order valence-corrected chi connectivity index (χ1v) is 11.1. The Morgan fingerprint density at radius 1 is 0.667 bits per heavy atom. The molecule has 0 saturated carbocycles. The fourth-order valence-electron chi connectivity index (χ4n) is 3.21. The molecular weight excluding hydrogens is 314 g/mol. The lowest BCUT2D eigenvalue weighted by Crippen LogP contribution is -2.26. The summed E-state index contributed by atoms with van der Waals surface area (Å²) >= 11 is 3.76. The van der Waals surface area contributed by atoms with E-state index < -0.39 is 0 Å². The van der Waals surface area contributed by atoms with Gasteiger partial charge in [-0.05, 0) is 6.42 Å². The van der Waals surface area contributed by atoms with Crippen LogP contribution in [0.5, 0.6) is 0 Å². The summed E-state index contributed by atoms with van der Waals surface area (Å²) in [6.45, 7) is 2.28. The van der Waals surface area contributed by atoms with Crippen LogP contribution < -0.4 is 5.73 Å². The zero-order valence-corrected chi connectivity index (χ0v) is 17.1. The molecule has 0 unspecified atom stereocenters. The van der Waals surface area contributed by atoms with Gasteiger partial charge in [-0.15, -0.1) is 12.6 Å². The standard InChI is InChI=1S/C21H43NOS/c1-2-3-4-5-6-7-8-9-10-11-12-13-14-15-16-17-18-19-20(22)21(23)24/h20H,2-19,22H2,1H3,(H,23,24)/t20-/m0/s1. The van der Waals surface area contributed by atoms with Crippen molar-refractivity contribution in [1.82, 2.24) is 0 Å². The molecule has 0 aliphatic heterocycles. The maximum Gasteiger partial charge on any atom is 0.202 e. The van der Waals surface area contributed by atoms with Crippen molar-refractivity contribution in [3.05, 3.63) is 0 Å². The van der Waals surface area contributed by atoms with Crippen LogP contribution in [0.4, 0.5) is 0 Å². The average molecular weight is 358 g/mol. The third-order valence-electron chi connectivity index (χ3n) is 4.94. The van der Waals surface area contributed by atoms with Gasteiger partial charge >= 0.3 is 0 Å². The molecule has 0 fully saturated rings. The van der Waals surface area contributed by atoms with Crippen LogP contribution >= 0.6 is 12.6 Å². The Bertz CT molecular complexity index is 271. The quantitative estimate of drug-likeness (QED) is 0.197. The molecule has 144 valence electrons. The van der Waals surface area contributed by atoms with Gasteiger partial charge in [0.1, 0.15) is 0 Å². The minimum atomic E-state index is -0.357. The molecule has 0 heterocycles. The Morgan fingerprint density at radius 3 is 1.25 bits per heavy atom. The molecule has 0 spiro atoms. The molecule has 1 atom stereocenters. The minimum absolute atomic E-state index is 0.175. The highest BCUT2D eigenvalue weighted by Crippen LogP contribution is 2.14. The van der Waals surface area contributed by atoms with E-state index in [-0.39, 0.29) is 11.2 Å². The average Bonchev–Trinajstić information content (AvgIpc) is 2.57. The lowest BCUT2D eigenvalue weighted by atomic mass is 10.0. The molecule has 0 bridgehead atoms. The topological polar surface area (TPSA) is 43.1 Å². The van der Waals surface area contributed by atoms with Crippen molar-refractivity contribution < 1.29 is 4.79 Å². The van der Waals surface area contributed by atoms with E-state index in [9.17, 15) is 4.79 Å². The Balaban J connectivity index is 3.04. The Labute approximate surface area is 157 Å². The molecular formula is C21H43NOS. The number of carbonyl (C=O) groups excluding carboxylic acids is 1. The van der Waals surface area contributed by atoms with Crippen molar-refractivity contribution in [3.63, 3.8) is 0 Å². The van der Waals surface area contributed by atoms with Gasteiger partial charge in [0.15, 0.2) is 0 Å². The smallest absolute Gasteiger partial charge is 0.202 e. The lowest BCUT2D eigenvalue weighted by molar-refractivity contribution is -0.112. The first-order valence-electron chi connectivity index (χ1n) is 10.7. The summed E-state index contributed by atoms with van der Waals surface area (Å²) in [5.41, 5.74) is 5.66. The van der Waals surface area contributed by atoms with Crippen LogP contribution in [-0.2, 0) is 4.79 Å². The second-order valence-corrected chi connectivity index (χ2v) is 7.83. The van der Waals surface area contributed by atoms with Gasteiger partial charge in [-0.25, -0.2) is 0 Å². The normalized spacial score (nSPS) is 12.5. The highest BCUT2D eigenvalue weighted by molar-refractivity contribution is 7.96. The largest absolute Gasteiger partial charge is 0.321 e. The monoisotopic (exact) mass is 357 g/mol. The van der Waals surface area contributed by atoms with Crippen molar-refractivity contribution >= 4 is 17.7 Å². The number of unbranched alkanes of at least 4 members (excludes halogenated alkanes) is 16. The van der Waals surface area contributed by atoms with E-state index in [1.54, 1.807) is 0 Å². The predicted molar refractivity (Wildman–Crippen MR) is 111 cm³/mol. The zero-order valence-electron chi connectivity index (χ0n) is 16.2. The van der Waals surface area contributed by atoms with Crippen molar-refractivity contribution in [2.24, 2.45) is 5.73 Å². The van der Waals surface area contributed by atoms with Crippen LogP contribution in [0.2, 0.25) is 0 Å². The highest BCUT2D eigenvalue weighted by atomic mass is 32.1. The maximum absolute atomic E-state index is 10.9. The summed E-state index contributed by atoms with van der Waals surface area (Å²) in [5.74, 6) is 0. The summed E-state index contributed by atoms with van der Waals surface area (Å²) in [4.78, 5) is 10.9. The number of carbonyl (C=O) groups is 1. The van der Waals surface area contributed by atoms with Gasteiger partial charge in [0, 0.05) is 0 Å². The third-order valence-corrected chi connectivity index (χ3v) is 5.27. The SMILES string of the molecule is CCCCCCCCCCCCCCCCCCC[C@H](N)C(=O)S. The van der Waals surface area contributed by atoms with Crippen LogP contribution in [0, 0.1) is 0 Å². The fourth-order valence-corrected chi connectivity index (χ4v) is 3.34. The molecule has 0 aromatic rings. The molecule has 3 heteroatoms. The van der Waals surface area contributed by atoms with Crippen molar-refractivity contribution in [2.45, 2.75) is 129 Å². The van der Waals surface area contributed by atoms with Gasteiger partial charge in [-0.3, -0.25) is 4.79 Å². The van der Waals surface area contributed by atoms with Crippen molar-refractivity contribution in [2.75, 3.05) is 0 Å². The number of hydrogen-bond donors (Lipinski definition) is 2. The third kappa shape index (κ3) is 18.3. The van der Waals surface area contributed by atoms with E-state index in [1.165, 1.54) is 103 Å². The number of rotatable bonds is 19. The van der Waals surface area contributed by atoms with E-state index in [0.717, 1.165) is 12.8 Å². The highest BCUT2D eigenvalue weighted by Gasteiger charge is 2.07. The van der Waals surface area contributed by atoms with Gasteiger partial charge in [0.05, 0.1) is 6.04 Å². The molecule has 0 aliphatic carbocycles. The molecule has 2 N–H and O–H groups in total. The van der Waals surface area contributed by atoms with Crippen LogP contribution in [0.15, 0.2) is 0 Å². The second-order valence-electron chi connectivity index (χ2n) is 7.39. The van der Waals surface area contributed by atoms with Gasteiger partial charge in [-0.2, -0.15) is 0 Å². The Kier molecular flexibility index (Phi) is 19.3. The lowest BCUT2D eigenvalue weighted by Gasteiger charge is -2.06. The van der Waals surface area contributed by atoms with Gasteiger partial charge in [0.2, 0.25) is 5.12 Å². The van der Waals surface area contributed by atoms with E-state index in [1.807, 2.05) is 0 Å². The summed E-state index contributed by atoms with van der Waals surface area (Å²) in [7, 11) is 0. The fraction of sp³-hybridized carbons (Fsp3) is 0.952. The van der Waals surface area contributed by atoms with Crippen molar-refractivity contribution in [1.29, 1.82) is 0 Å². The zero-order chi connectivity index (χ0) is 17.9. The van der Waals surface area contributed by atoms with Crippen LogP contribution in [0.1, 0.15) is 122 Å². The van der Waals surface area contributed by atoms with E-state index in [2.05, 4.69) is 19.6 Å². The van der Waals surface area contributed by atoms with Gasteiger partial charge < -0.3 is 5.73 Å². The van der Waals surface area contributed by atoms with Crippen molar-refractivity contribution in [3.8, 4) is 0 Å². The van der Waals surface area contributed by atoms with Crippen LogP contribution in [0.3, 0.4) is 0 Å². The predicted octanol–water partition coefficient (Wildman–Crippen LogP) is 6.81. The molecule has 0 aromatic heterocycles. The molecule has 2 nitrogen and oxygen atoms in total. The minimum Gasteiger partial charge on any atom is -0.321 e. The Morgan fingerprint density at radius 2 is 0.958 bits per heavy atom. The summed E-state index contributed by atoms with van der Waals surface area (Å²) in [6, 6.07) is -0.357. The molecule has 0 aromatic carbocycles. The molecule has 0 radical (unpaired) electrons. The van der Waals surface area contributed by atoms with Crippen LogP contribution in [0.25, 0.3) is 0 Å². The first kappa shape index (κ1) is 24.0.